The highest BCUT2D eigenvalue weighted by molar-refractivity contribution is 6.32. The van der Waals surface area contributed by atoms with Crippen LogP contribution in [0.25, 0.3) is 0 Å². The molecule has 15 heavy (non-hydrogen) atoms. The lowest BCUT2D eigenvalue weighted by Gasteiger charge is -2.14. The van der Waals surface area contributed by atoms with E-state index < -0.39 is 0 Å². The molecule has 0 atom stereocenters. The van der Waals surface area contributed by atoms with Gasteiger partial charge in [-0.1, -0.05) is 11.6 Å². The molecule has 0 aromatic heterocycles. The molecule has 0 radical (unpaired) electrons. The first kappa shape index (κ1) is 11.7. The van der Waals surface area contributed by atoms with Crippen molar-refractivity contribution < 1.29 is 9.47 Å². The maximum Gasteiger partial charge on any atom is 0.166 e. The van der Waals surface area contributed by atoms with Crippen LogP contribution in [0.2, 0.25) is 5.02 Å². The van der Waals surface area contributed by atoms with Gasteiger partial charge in [-0.05, 0) is 18.6 Å². The Kier molecular flexibility index (Phi) is 3.81. The van der Waals surface area contributed by atoms with Gasteiger partial charge in [0.05, 0.1) is 31.7 Å². The van der Waals surface area contributed by atoms with E-state index in [0.29, 0.717) is 22.1 Å². The van der Waals surface area contributed by atoms with E-state index in [0.717, 1.165) is 5.56 Å². The lowest BCUT2D eigenvalue weighted by molar-refractivity contribution is 0.352. The Labute approximate surface area is 94.2 Å². The van der Waals surface area contributed by atoms with E-state index in [2.05, 4.69) is 6.07 Å². The molecule has 3 nitrogen and oxygen atoms in total. The molecule has 0 unspecified atom stereocenters. The van der Waals surface area contributed by atoms with Gasteiger partial charge in [0.1, 0.15) is 0 Å². The van der Waals surface area contributed by atoms with Crippen molar-refractivity contribution in [2.75, 3.05) is 14.2 Å². The van der Waals surface area contributed by atoms with Crippen LogP contribution in [0.5, 0.6) is 11.5 Å². The van der Waals surface area contributed by atoms with Crippen LogP contribution in [-0.2, 0) is 6.42 Å². The normalized spacial score (nSPS) is 9.53. The van der Waals surface area contributed by atoms with Crippen molar-refractivity contribution in [2.45, 2.75) is 13.3 Å². The summed E-state index contributed by atoms with van der Waals surface area (Å²) in [6.45, 7) is 1.87. The minimum atomic E-state index is 0.208. The molecule has 0 aliphatic heterocycles. The van der Waals surface area contributed by atoms with E-state index in [4.69, 9.17) is 26.3 Å². The van der Waals surface area contributed by atoms with E-state index >= 15 is 0 Å². The van der Waals surface area contributed by atoms with E-state index in [-0.39, 0.29) is 6.42 Å². The fourth-order valence-corrected chi connectivity index (χ4v) is 1.63. The molecule has 80 valence electrons. The summed E-state index contributed by atoms with van der Waals surface area (Å²) in [4.78, 5) is 0. The molecule has 1 aromatic rings. The number of aryl methyl sites for hydroxylation is 1. The molecule has 0 N–H and O–H groups in total. The third-order valence-corrected chi connectivity index (χ3v) is 2.66. The van der Waals surface area contributed by atoms with Gasteiger partial charge in [0.25, 0.3) is 0 Å². The molecule has 1 rings (SSSR count). The van der Waals surface area contributed by atoms with Gasteiger partial charge in [0, 0.05) is 5.56 Å². The van der Waals surface area contributed by atoms with Gasteiger partial charge in [-0.15, -0.1) is 0 Å². The fraction of sp³-hybridized carbons (Fsp3) is 0.364. The number of ether oxygens (including phenoxy) is 2. The SMILES string of the molecule is COc1cc(C)c(Cl)c(CC#N)c1OC. The second-order valence-corrected chi connectivity index (χ2v) is 3.43. The lowest BCUT2D eigenvalue weighted by atomic mass is 10.1. The standard InChI is InChI=1S/C11H12ClNO2/c1-7-6-9(14-2)11(15-3)8(4-5-13)10(7)12/h6H,4H2,1-3H3. The Morgan fingerprint density at radius 1 is 1.40 bits per heavy atom. The molecule has 0 saturated heterocycles. The first-order valence-electron chi connectivity index (χ1n) is 4.42. The average molecular weight is 226 g/mol. The Bertz CT molecular complexity index is 410. The predicted molar refractivity (Wildman–Crippen MR) is 58.6 cm³/mol. The average Bonchev–Trinajstić information content (AvgIpc) is 2.24. The highest BCUT2D eigenvalue weighted by atomic mass is 35.5. The molecule has 0 saturated carbocycles. The number of hydrogen-bond acceptors (Lipinski definition) is 3. The summed E-state index contributed by atoms with van der Waals surface area (Å²) in [5, 5.41) is 9.28. The van der Waals surface area contributed by atoms with E-state index in [1.54, 1.807) is 13.2 Å². The smallest absolute Gasteiger partial charge is 0.166 e. The number of hydrogen-bond donors (Lipinski definition) is 0. The fourth-order valence-electron chi connectivity index (χ4n) is 1.42. The molecular weight excluding hydrogens is 214 g/mol. The van der Waals surface area contributed by atoms with Gasteiger partial charge in [-0.25, -0.2) is 0 Å². The Hall–Kier alpha value is -1.40. The molecule has 0 amide bonds. The number of nitrogens with zero attached hydrogens (tertiary/aromatic N) is 1. The molecule has 4 heteroatoms. The first-order valence-corrected chi connectivity index (χ1v) is 4.80. The maximum absolute atomic E-state index is 8.71. The van der Waals surface area contributed by atoms with Crippen LogP contribution < -0.4 is 9.47 Å². The molecule has 0 spiro atoms. The topological polar surface area (TPSA) is 42.2 Å². The highest BCUT2D eigenvalue weighted by Gasteiger charge is 2.15. The Morgan fingerprint density at radius 3 is 2.53 bits per heavy atom. The van der Waals surface area contributed by atoms with Gasteiger partial charge in [0.15, 0.2) is 11.5 Å². The second-order valence-electron chi connectivity index (χ2n) is 3.06. The van der Waals surface area contributed by atoms with Crippen molar-refractivity contribution in [3.05, 3.63) is 22.2 Å². The number of benzene rings is 1. The van der Waals surface area contributed by atoms with Crippen molar-refractivity contribution in [2.24, 2.45) is 0 Å². The van der Waals surface area contributed by atoms with Gasteiger partial charge >= 0.3 is 0 Å². The van der Waals surface area contributed by atoms with Crippen LogP contribution in [0.4, 0.5) is 0 Å². The van der Waals surface area contributed by atoms with Crippen LogP contribution in [0, 0.1) is 18.3 Å². The van der Waals surface area contributed by atoms with Crippen LogP contribution in [-0.4, -0.2) is 14.2 Å². The van der Waals surface area contributed by atoms with Crippen molar-refractivity contribution in [1.29, 1.82) is 5.26 Å². The highest BCUT2D eigenvalue weighted by Crippen LogP contribution is 2.38. The van der Waals surface area contributed by atoms with Crippen molar-refractivity contribution in [3.63, 3.8) is 0 Å². The Balaban J connectivity index is 3.43. The van der Waals surface area contributed by atoms with Crippen LogP contribution in [0.1, 0.15) is 11.1 Å². The van der Waals surface area contributed by atoms with Gasteiger partial charge in [-0.2, -0.15) is 5.26 Å². The molecule has 0 heterocycles. The first-order chi connectivity index (χ1) is 7.15. The van der Waals surface area contributed by atoms with Gasteiger partial charge < -0.3 is 9.47 Å². The number of rotatable bonds is 3. The van der Waals surface area contributed by atoms with Crippen molar-refractivity contribution in [1.82, 2.24) is 0 Å². The van der Waals surface area contributed by atoms with Crippen molar-refractivity contribution in [3.8, 4) is 17.6 Å². The molecule has 0 aliphatic carbocycles. The molecule has 0 aliphatic rings. The maximum atomic E-state index is 8.71. The molecule has 0 bridgehead atoms. The summed E-state index contributed by atoms with van der Waals surface area (Å²) >= 11 is 6.10. The summed E-state index contributed by atoms with van der Waals surface area (Å²) in [5.74, 6) is 1.14. The number of halogens is 1. The number of methoxy groups -OCH3 is 2. The van der Waals surface area contributed by atoms with Crippen LogP contribution >= 0.6 is 11.6 Å². The Morgan fingerprint density at radius 2 is 2.07 bits per heavy atom. The number of nitriles is 1. The van der Waals surface area contributed by atoms with E-state index in [1.165, 1.54) is 7.11 Å². The zero-order chi connectivity index (χ0) is 11.4. The third kappa shape index (κ3) is 2.16. The zero-order valence-electron chi connectivity index (χ0n) is 8.93. The van der Waals surface area contributed by atoms with Gasteiger partial charge in [-0.3, -0.25) is 0 Å². The van der Waals surface area contributed by atoms with E-state index in [9.17, 15) is 0 Å². The minimum absolute atomic E-state index is 0.208. The van der Waals surface area contributed by atoms with Crippen LogP contribution in [0.3, 0.4) is 0 Å². The molecule has 1 aromatic carbocycles. The third-order valence-electron chi connectivity index (χ3n) is 2.14. The van der Waals surface area contributed by atoms with Gasteiger partial charge in [0.2, 0.25) is 0 Å². The summed E-state index contributed by atoms with van der Waals surface area (Å²) in [6, 6.07) is 3.85. The second kappa shape index (κ2) is 4.90. The quantitative estimate of drug-likeness (QED) is 0.794. The predicted octanol–water partition coefficient (Wildman–Crippen LogP) is 2.73. The monoisotopic (exact) mass is 225 g/mol. The molecular formula is C11H12ClNO2. The summed E-state index contributed by atoms with van der Waals surface area (Å²) in [5.41, 5.74) is 1.55. The summed E-state index contributed by atoms with van der Waals surface area (Å²) in [7, 11) is 3.09. The van der Waals surface area contributed by atoms with E-state index in [1.807, 2.05) is 6.92 Å². The summed E-state index contributed by atoms with van der Waals surface area (Å²) < 4.78 is 10.4. The summed E-state index contributed by atoms with van der Waals surface area (Å²) in [6.07, 6.45) is 0.208. The lowest BCUT2D eigenvalue weighted by Crippen LogP contribution is -1.98. The largest absolute Gasteiger partial charge is 0.493 e. The van der Waals surface area contributed by atoms with Crippen molar-refractivity contribution >= 4 is 11.6 Å². The molecule has 0 fully saturated rings. The minimum Gasteiger partial charge on any atom is -0.493 e. The zero-order valence-corrected chi connectivity index (χ0v) is 9.68. The van der Waals surface area contributed by atoms with Crippen LogP contribution in [0.15, 0.2) is 6.07 Å².